The fourth-order valence-corrected chi connectivity index (χ4v) is 7.71. The van der Waals surface area contributed by atoms with Crippen molar-refractivity contribution in [3.05, 3.63) is 59.2 Å². The molecule has 6 nitrogen and oxygen atoms in total. The number of ether oxygens (including phenoxy) is 2. The molecule has 35 heavy (non-hydrogen) atoms. The van der Waals surface area contributed by atoms with Crippen LogP contribution >= 0.6 is 0 Å². The van der Waals surface area contributed by atoms with Gasteiger partial charge in [-0.3, -0.25) is 9.59 Å². The second-order valence-corrected chi connectivity index (χ2v) is 11.6. The molecular formula is C29H34O6. The van der Waals surface area contributed by atoms with Crippen LogP contribution in [0.25, 0.3) is 0 Å². The zero-order valence-corrected chi connectivity index (χ0v) is 21.2. The predicted octanol–water partition coefficient (Wildman–Crippen LogP) is 4.28. The van der Waals surface area contributed by atoms with Gasteiger partial charge in [-0.1, -0.05) is 51.1 Å². The third-order valence-electron chi connectivity index (χ3n) is 9.35. The molecule has 186 valence electrons. The summed E-state index contributed by atoms with van der Waals surface area (Å²) in [6.45, 7) is 11.2. The van der Waals surface area contributed by atoms with Crippen LogP contribution in [0.2, 0.25) is 0 Å². The number of ketones is 1. The van der Waals surface area contributed by atoms with E-state index in [0.717, 1.165) is 6.42 Å². The number of carbonyl (C=O) groups is 3. The number of hydrogen-bond donors (Lipinski definition) is 1. The van der Waals surface area contributed by atoms with Gasteiger partial charge in [0, 0.05) is 12.8 Å². The molecule has 2 unspecified atom stereocenters. The lowest BCUT2D eigenvalue weighted by Gasteiger charge is -2.51. The summed E-state index contributed by atoms with van der Waals surface area (Å²) in [5.74, 6) is -1.44. The van der Waals surface area contributed by atoms with E-state index in [0.29, 0.717) is 22.6 Å². The molecule has 2 bridgehead atoms. The van der Waals surface area contributed by atoms with Gasteiger partial charge in [0.15, 0.2) is 17.5 Å². The van der Waals surface area contributed by atoms with Crippen LogP contribution in [-0.4, -0.2) is 40.6 Å². The molecule has 6 heteroatoms. The van der Waals surface area contributed by atoms with Crippen molar-refractivity contribution in [1.29, 1.82) is 0 Å². The van der Waals surface area contributed by atoms with Gasteiger partial charge in [0.25, 0.3) is 0 Å². The van der Waals surface area contributed by atoms with E-state index in [1.54, 1.807) is 37.3 Å². The smallest absolute Gasteiger partial charge is 0.338 e. The number of carbonyl (C=O) groups excluding carboxylic acids is 3. The molecule has 0 aliphatic heterocycles. The largest absolute Gasteiger partial charge is 0.450 e. The van der Waals surface area contributed by atoms with Crippen LogP contribution in [0.3, 0.4) is 0 Å². The number of Topliss-reactive ketones (excluding diaryl/α,β-unsaturated/α-hetero) is 1. The summed E-state index contributed by atoms with van der Waals surface area (Å²) < 4.78 is 12.2. The first-order chi connectivity index (χ1) is 16.4. The Morgan fingerprint density at radius 2 is 1.74 bits per heavy atom. The summed E-state index contributed by atoms with van der Waals surface area (Å²) >= 11 is 0. The maximum absolute atomic E-state index is 14.6. The molecular weight excluding hydrogens is 444 g/mol. The van der Waals surface area contributed by atoms with Crippen molar-refractivity contribution < 1.29 is 29.0 Å². The third kappa shape index (κ3) is 3.01. The highest BCUT2D eigenvalue weighted by Crippen LogP contribution is 2.72. The second kappa shape index (κ2) is 7.63. The van der Waals surface area contributed by atoms with Crippen LogP contribution in [0.4, 0.5) is 0 Å². The molecule has 8 atom stereocenters. The van der Waals surface area contributed by atoms with Crippen LogP contribution in [0.15, 0.2) is 53.6 Å². The number of esters is 2. The minimum atomic E-state index is -1.78. The van der Waals surface area contributed by atoms with E-state index in [-0.39, 0.29) is 23.0 Å². The highest BCUT2D eigenvalue weighted by atomic mass is 16.6. The van der Waals surface area contributed by atoms with Gasteiger partial charge in [-0.15, -0.1) is 0 Å². The lowest BCUT2D eigenvalue weighted by molar-refractivity contribution is -0.215. The van der Waals surface area contributed by atoms with Gasteiger partial charge in [-0.2, -0.15) is 0 Å². The lowest BCUT2D eigenvalue weighted by Crippen LogP contribution is -2.67. The van der Waals surface area contributed by atoms with Crippen LogP contribution in [0, 0.1) is 34.5 Å². The summed E-state index contributed by atoms with van der Waals surface area (Å²) in [7, 11) is 0. The lowest BCUT2D eigenvalue weighted by atomic mass is 9.58. The van der Waals surface area contributed by atoms with Gasteiger partial charge in [-0.05, 0) is 66.7 Å². The van der Waals surface area contributed by atoms with Gasteiger partial charge in [0.1, 0.15) is 6.10 Å². The molecule has 0 heterocycles. The standard InChI is InChI=1S/C29H34O6/c1-15-12-20-22-21(27(22,5)6)13-17(3)28(24(20)32)14-16(2)23(31)29(28,35-18(4)30)25(15)34-26(33)19-10-8-7-9-11-19/h7-12,14,17,20-23,25,31H,13H2,1-6H3/t17-,20+,21?,22-,23+,25-,28?,29-/m1/s1. The average molecular weight is 479 g/mol. The Bertz CT molecular complexity index is 1160. The van der Waals surface area contributed by atoms with E-state index in [2.05, 4.69) is 13.8 Å². The maximum atomic E-state index is 14.6. The Balaban J connectivity index is 1.75. The average Bonchev–Trinajstić information content (AvgIpc) is 3.30. The van der Waals surface area contributed by atoms with Crippen molar-refractivity contribution in [2.75, 3.05) is 0 Å². The molecule has 0 amide bonds. The number of benzene rings is 1. The summed E-state index contributed by atoms with van der Waals surface area (Å²) in [5.41, 5.74) is -1.57. The summed E-state index contributed by atoms with van der Waals surface area (Å²) in [4.78, 5) is 40.5. The van der Waals surface area contributed by atoms with Crippen molar-refractivity contribution in [3.8, 4) is 0 Å². The number of hydrogen-bond acceptors (Lipinski definition) is 6. The molecule has 0 saturated heterocycles. The zero-order valence-electron chi connectivity index (χ0n) is 21.2. The quantitative estimate of drug-likeness (QED) is 0.515. The minimum Gasteiger partial charge on any atom is -0.450 e. The summed E-state index contributed by atoms with van der Waals surface area (Å²) in [5, 5.41) is 11.7. The maximum Gasteiger partial charge on any atom is 0.338 e. The Hall–Kier alpha value is -2.73. The van der Waals surface area contributed by atoms with Crippen molar-refractivity contribution >= 4 is 17.7 Å². The number of aliphatic hydroxyl groups excluding tert-OH is 1. The first kappa shape index (κ1) is 24.0. The number of fused-ring (bicyclic) bond motifs is 3. The fourth-order valence-electron chi connectivity index (χ4n) is 7.71. The Morgan fingerprint density at radius 3 is 2.37 bits per heavy atom. The molecule has 1 aromatic carbocycles. The van der Waals surface area contributed by atoms with Gasteiger partial charge < -0.3 is 14.6 Å². The van der Waals surface area contributed by atoms with Crippen LogP contribution in [-0.2, 0) is 19.1 Å². The molecule has 1 aromatic rings. The van der Waals surface area contributed by atoms with Gasteiger partial charge in [-0.25, -0.2) is 4.79 Å². The molecule has 5 rings (SSSR count). The van der Waals surface area contributed by atoms with Crippen LogP contribution in [0.5, 0.6) is 0 Å². The molecule has 1 spiro atoms. The second-order valence-electron chi connectivity index (χ2n) is 11.6. The van der Waals surface area contributed by atoms with Gasteiger partial charge in [0.05, 0.1) is 11.0 Å². The van der Waals surface area contributed by atoms with Crippen molar-refractivity contribution in [2.24, 2.45) is 34.5 Å². The van der Waals surface area contributed by atoms with E-state index in [4.69, 9.17) is 9.47 Å². The predicted molar refractivity (Wildman–Crippen MR) is 129 cm³/mol. The topological polar surface area (TPSA) is 89.9 Å². The van der Waals surface area contributed by atoms with Gasteiger partial charge >= 0.3 is 11.9 Å². The first-order valence-corrected chi connectivity index (χ1v) is 12.4. The highest BCUT2D eigenvalue weighted by Gasteiger charge is 2.78. The van der Waals surface area contributed by atoms with Crippen molar-refractivity contribution in [3.63, 3.8) is 0 Å². The number of allylic oxidation sites excluding steroid dienone is 1. The molecule has 2 fully saturated rings. The van der Waals surface area contributed by atoms with E-state index >= 15 is 0 Å². The number of aliphatic hydroxyl groups is 1. The molecule has 4 aliphatic rings. The van der Waals surface area contributed by atoms with Crippen LogP contribution in [0.1, 0.15) is 58.3 Å². The van der Waals surface area contributed by atoms with E-state index < -0.39 is 41.1 Å². The van der Waals surface area contributed by atoms with E-state index in [1.807, 2.05) is 26.0 Å². The minimum absolute atomic E-state index is 0.00754. The number of rotatable bonds is 3. The van der Waals surface area contributed by atoms with E-state index in [1.165, 1.54) is 6.92 Å². The van der Waals surface area contributed by atoms with Crippen molar-refractivity contribution in [1.82, 2.24) is 0 Å². The Morgan fingerprint density at radius 1 is 1.09 bits per heavy atom. The summed E-state index contributed by atoms with van der Waals surface area (Å²) in [6.07, 6.45) is 2.06. The zero-order chi connectivity index (χ0) is 25.5. The van der Waals surface area contributed by atoms with E-state index in [9.17, 15) is 19.5 Å². The SMILES string of the molecule is CC(=O)O[C@]12[C@H](OC(=O)c3ccccc3)C(C)=C[C@@H]3C(=O)C1(C=C(C)[C@@H]2O)[C@H](C)CC1[C@@H]3C1(C)C. The van der Waals surface area contributed by atoms with Gasteiger partial charge in [0.2, 0.25) is 0 Å². The molecule has 1 N–H and O–H groups in total. The third-order valence-corrected chi connectivity index (χ3v) is 9.35. The summed E-state index contributed by atoms with van der Waals surface area (Å²) in [6, 6.07) is 8.58. The normalized spacial score (nSPS) is 40.8. The first-order valence-electron chi connectivity index (χ1n) is 12.4. The Kier molecular flexibility index (Phi) is 5.23. The molecule has 0 aromatic heterocycles. The Labute approximate surface area is 206 Å². The van der Waals surface area contributed by atoms with Crippen molar-refractivity contribution in [2.45, 2.75) is 65.8 Å². The fraction of sp³-hybridized carbons (Fsp3) is 0.552. The highest BCUT2D eigenvalue weighted by molar-refractivity contribution is 5.96. The molecule has 2 saturated carbocycles. The molecule has 4 aliphatic carbocycles. The monoisotopic (exact) mass is 478 g/mol. The van der Waals surface area contributed by atoms with Crippen LogP contribution < -0.4 is 0 Å². The molecule has 0 radical (unpaired) electrons.